The Hall–Kier alpha value is -4.02. The minimum atomic E-state index is -1.09. The molecular formula is C22H25N7O4. The predicted molar refractivity (Wildman–Crippen MR) is 121 cm³/mol. The fraction of sp³-hybridized carbons (Fsp3) is 0.364. The van der Waals surface area contributed by atoms with E-state index in [9.17, 15) is 19.5 Å². The van der Waals surface area contributed by atoms with Gasteiger partial charge < -0.3 is 20.7 Å². The first kappa shape index (κ1) is 22.2. The third kappa shape index (κ3) is 5.08. The minimum absolute atomic E-state index is 0.0414. The van der Waals surface area contributed by atoms with Crippen molar-refractivity contribution in [1.82, 2.24) is 25.3 Å². The van der Waals surface area contributed by atoms with Crippen LogP contribution in [0.15, 0.2) is 43.0 Å². The lowest BCUT2D eigenvalue weighted by molar-refractivity contribution is -0.138. The topological polar surface area (TPSA) is 153 Å². The lowest BCUT2D eigenvalue weighted by atomic mass is 10.1. The maximum Gasteiger partial charge on any atom is 0.326 e. The van der Waals surface area contributed by atoms with E-state index in [-0.39, 0.29) is 18.7 Å². The summed E-state index contributed by atoms with van der Waals surface area (Å²) in [5.41, 5.74) is 1.86. The molecule has 2 atom stereocenters. The van der Waals surface area contributed by atoms with Gasteiger partial charge in [0.15, 0.2) is 11.5 Å². The molecule has 0 unspecified atom stereocenters. The normalized spacial score (nSPS) is 17.9. The van der Waals surface area contributed by atoms with Gasteiger partial charge in [-0.05, 0) is 25.0 Å². The molecule has 2 aromatic heterocycles. The largest absolute Gasteiger partial charge is 0.480 e. The monoisotopic (exact) mass is 451 g/mol. The number of benzene rings is 1. The number of nitrogens with zero attached hydrogens (tertiary/aromatic N) is 4. The molecule has 3 heterocycles. The molecule has 33 heavy (non-hydrogen) atoms. The number of carboxylic acids is 1. The first-order valence-electron chi connectivity index (χ1n) is 10.8. The van der Waals surface area contributed by atoms with E-state index in [0.717, 1.165) is 18.4 Å². The average molecular weight is 451 g/mol. The molecule has 0 bridgehead atoms. The van der Waals surface area contributed by atoms with Crippen molar-refractivity contribution in [3.8, 4) is 0 Å². The maximum atomic E-state index is 12.8. The van der Waals surface area contributed by atoms with Crippen LogP contribution in [0, 0.1) is 0 Å². The quantitative estimate of drug-likeness (QED) is 0.340. The molecule has 4 N–H and O–H groups in total. The Morgan fingerprint density at radius 1 is 1.12 bits per heavy atom. The van der Waals surface area contributed by atoms with Crippen LogP contribution in [0.4, 0.5) is 11.5 Å². The molecule has 2 amide bonds. The summed E-state index contributed by atoms with van der Waals surface area (Å²) in [6.07, 6.45) is 5.62. The van der Waals surface area contributed by atoms with Gasteiger partial charge in [-0.1, -0.05) is 24.6 Å². The van der Waals surface area contributed by atoms with Crippen LogP contribution in [-0.4, -0.2) is 61.5 Å². The van der Waals surface area contributed by atoms with Crippen LogP contribution >= 0.6 is 0 Å². The molecule has 3 aromatic rings. The highest BCUT2D eigenvalue weighted by Gasteiger charge is 2.44. The van der Waals surface area contributed by atoms with Gasteiger partial charge >= 0.3 is 5.97 Å². The van der Waals surface area contributed by atoms with Gasteiger partial charge in [0.2, 0.25) is 11.8 Å². The summed E-state index contributed by atoms with van der Waals surface area (Å²) in [5, 5.41) is 15.5. The Balaban J connectivity index is 1.21. The molecule has 1 fully saturated rings. The van der Waals surface area contributed by atoms with Crippen LogP contribution in [0.25, 0.3) is 11.2 Å². The number of hydrogen-bond acceptors (Lipinski definition) is 7. The van der Waals surface area contributed by atoms with Crippen molar-refractivity contribution in [3.05, 3.63) is 43.0 Å². The number of imidazole rings is 1. The number of nitrogens with one attached hydrogen (secondary N) is 3. The minimum Gasteiger partial charge on any atom is -0.480 e. The van der Waals surface area contributed by atoms with Gasteiger partial charge in [0, 0.05) is 25.1 Å². The van der Waals surface area contributed by atoms with Crippen molar-refractivity contribution < 1.29 is 19.5 Å². The lowest BCUT2D eigenvalue weighted by Crippen LogP contribution is -2.43. The standard InChI is InChI=1S/C22H25N7O4/c30-17(9-5-2-6-10-23-19-18-20(25-12-24-18)27-13-26-19)28-15-11-16(22(32)33)29(21(15)31)14-7-3-1-4-8-14/h1,3-4,7-8,12-13,15-16H,2,5-6,9-11H2,(H,28,30)(H,32,33)(H2,23,24,25,26,27)/t15-,16-/m0/s1. The second kappa shape index (κ2) is 10.1. The van der Waals surface area contributed by atoms with Gasteiger partial charge in [0.25, 0.3) is 0 Å². The number of hydrogen-bond donors (Lipinski definition) is 4. The average Bonchev–Trinajstić information content (AvgIpc) is 3.42. The van der Waals surface area contributed by atoms with Gasteiger partial charge in [-0.15, -0.1) is 0 Å². The van der Waals surface area contributed by atoms with E-state index in [4.69, 9.17) is 0 Å². The highest BCUT2D eigenvalue weighted by atomic mass is 16.4. The number of carbonyl (C=O) groups excluding carboxylic acids is 2. The number of para-hydroxylation sites is 1. The summed E-state index contributed by atoms with van der Waals surface area (Å²) in [4.78, 5) is 53.4. The molecule has 0 saturated carbocycles. The van der Waals surface area contributed by atoms with Crippen LogP contribution in [0.5, 0.6) is 0 Å². The van der Waals surface area contributed by atoms with Crippen LogP contribution in [0.1, 0.15) is 32.1 Å². The molecule has 1 saturated heterocycles. The van der Waals surface area contributed by atoms with Gasteiger partial charge in [0.1, 0.15) is 23.9 Å². The van der Waals surface area contributed by atoms with Crippen LogP contribution in [-0.2, 0) is 14.4 Å². The highest BCUT2D eigenvalue weighted by molar-refractivity contribution is 6.06. The first-order valence-corrected chi connectivity index (χ1v) is 10.8. The summed E-state index contributed by atoms with van der Waals surface area (Å²) in [6.45, 7) is 0.681. The predicted octanol–water partition coefficient (Wildman–Crippen LogP) is 1.70. The maximum absolute atomic E-state index is 12.8. The number of aromatic nitrogens is 4. The first-order chi connectivity index (χ1) is 16.0. The number of carbonyl (C=O) groups is 3. The number of aromatic amines is 1. The number of anilines is 2. The summed E-state index contributed by atoms with van der Waals surface area (Å²) in [6, 6.07) is 6.81. The van der Waals surface area contributed by atoms with Crippen molar-refractivity contribution in [3.63, 3.8) is 0 Å². The molecule has 172 valence electrons. The third-order valence-corrected chi connectivity index (χ3v) is 5.56. The number of amides is 2. The zero-order valence-corrected chi connectivity index (χ0v) is 17.9. The SMILES string of the molecule is O=C(CCCCCNc1ncnc2nc[nH]c12)N[C@H]1C[C@@H](C(=O)O)N(c2ccccc2)C1=O. The van der Waals surface area contributed by atoms with Crippen LogP contribution in [0.2, 0.25) is 0 Å². The summed E-state index contributed by atoms with van der Waals surface area (Å²) in [7, 11) is 0. The van der Waals surface area contributed by atoms with Gasteiger partial charge in [-0.3, -0.25) is 14.5 Å². The Labute approximate surface area is 189 Å². The Bertz CT molecular complexity index is 1130. The van der Waals surface area contributed by atoms with E-state index in [0.29, 0.717) is 30.1 Å². The number of aliphatic carboxylic acids is 1. The van der Waals surface area contributed by atoms with E-state index in [1.165, 1.54) is 11.2 Å². The number of fused-ring (bicyclic) bond motifs is 1. The summed E-state index contributed by atoms with van der Waals surface area (Å²) in [5.74, 6) is -1.06. The smallest absolute Gasteiger partial charge is 0.326 e. The van der Waals surface area contributed by atoms with Gasteiger partial charge in [0.05, 0.1) is 6.33 Å². The van der Waals surface area contributed by atoms with E-state index in [1.807, 2.05) is 0 Å². The van der Waals surface area contributed by atoms with Gasteiger partial charge in [-0.25, -0.2) is 19.7 Å². The zero-order valence-electron chi connectivity index (χ0n) is 17.9. The Kier molecular flexibility index (Phi) is 6.77. The van der Waals surface area contributed by atoms with Crippen molar-refractivity contribution in [2.24, 2.45) is 0 Å². The van der Waals surface area contributed by atoms with Crippen molar-refractivity contribution in [2.75, 3.05) is 16.8 Å². The fourth-order valence-corrected chi connectivity index (χ4v) is 3.94. The number of carboxylic acid groups (broad SMARTS) is 1. The molecule has 0 radical (unpaired) electrons. The van der Waals surface area contributed by atoms with E-state index in [1.54, 1.807) is 36.7 Å². The Morgan fingerprint density at radius 3 is 2.73 bits per heavy atom. The molecule has 1 aliphatic heterocycles. The second-order valence-electron chi connectivity index (χ2n) is 7.81. The van der Waals surface area contributed by atoms with Crippen LogP contribution in [0.3, 0.4) is 0 Å². The van der Waals surface area contributed by atoms with Crippen molar-refractivity contribution in [2.45, 2.75) is 44.2 Å². The second-order valence-corrected chi connectivity index (χ2v) is 7.81. The molecule has 11 heteroatoms. The molecule has 4 rings (SSSR count). The molecular weight excluding hydrogens is 426 g/mol. The van der Waals surface area contributed by atoms with E-state index in [2.05, 4.69) is 30.6 Å². The summed E-state index contributed by atoms with van der Waals surface area (Å²) >= 11 is 0. The van der Waals surface area contributed by atoms with Crippen molar-refractivity contribution in [1.29, 1.82) is 0 Å². The third-order valence-electron chi connectivity index (χ3n) is 5.56. The lowest BCUT2D eigenvalue weighted by Gasteiger charge is -2.21. The fourth-order valence-electron chi connectivity index (χ4n) is 3.94. The molecule has 11 nitrogen and oxygen atoms in total. The van der Waals surface area contributed by atoms with E-state index >= 15 is 0 Å². The molecule has 0 aliphatic carbocycles. The summed E-state index contributed by atoms with van der Waals surface area (Å²) < 4.78 is 0. The highest BCUT2D eigenvalue weighted by Crippen LogP contribution is 2.27. The number of H-pyrrole nitrogens is 1. The molecule has 1 aromatic carbocycles. The molecule has 1 aliphatic rings. The molecule has 0 spiro atoms. The number of rotatable bonds is 10. The van der Waals surface area contributed by atoms with E-state index < -0.39 is 24.0 Å². The van der Waals surface area contributed by atoms with Crippen LogP contribution < -0.4 is 15.5 Å². The Morgan fingerprint density at radius 2 is 1.94 bits per heavy atom. The number of unbranched alkanes of at least 4 members (excludes halogenated alkanes) is 2. The van der Waals surface area contributed by atoms with Gasteiger partial charge in [-0.2, -0.15) is 0 Å². The zero-order chi connectivity index (χ0) is 23.2. The van der Waals surface area contributed by atoms with Crippen molar-refractivity contribution >= 4 is 40.5 Å².